The highest BCUT2D eigenvalue weighted by Crippen LogP contribution is 2.37. The van der Waals surface area contributed by atoms with Crippen molar-refractivity contribution < 1.29 is 20.1 Å². The van der Waals surface area contributed by atoms with Crippen molar-refractivity contribution in [2.75, 3.05) is 6.54 Å². The van der Waals surface area contributed by atoms with Crippen molar-refractivity contribution in [1.82, 2.24) is 5.32 Å². The second kappa shape index (κ2) is 6.41. The van der Waals surface area contributed by atoms with E-state index in [4.69, 9.17) is 4.74 Å². The number of nitrogens with one attached hydrogen (secondary N) is 1. The lowest BCUT2D eigenvalue weighted by Gasteiger charge is -2.40. The molecule has 7 heteroatoms. The van der Waals surface area contributed by atoms with E-state index in [2.05, 4.69) is 10.3 Å². The second-order valence-corrected chi connectivity index (χ2v) is 5.97. The smallest absolute Gasteiger partial charge is 0.159 e. The lowest BCUT2D eigenvalue weighted by atomic mass is 9.93. The summed E-state index contributed by atoms with van der Waals surface area (Å²) in [5.74, 6) is 0. The highest BCUT2D eigenvalue weighted by molar-refractivity contribution is 8.14. The number of hydrogen-bond donors (Lipinski definition) is 4. The third kappa shape index (κ3) is 3.05. The van der Waals surface area contributed by atoms with Crippen LogP contribution in [0.2, 0.25) is 0 Å². The van der Waals surface area contributed by atoms with Gasteiger partial charge < -0.3 is 25.4 Å². The van der Waals surface area contributed by atoms with Crippen LogP contribution in [0.15, 0.2) is 4.99 Å². The number of rotatable bonds is 4. The number of aliphatic imine (C=N–C) groups is 1. The molecule has 6 nitrogen and oxygen atoms in total. The molecule has 2 aliphatic heterocycles. The predicted octanol–water partition coefficient (Wildman–Crippen LogP) is -0.325. The second-order valence-electron chi connectivity index (χ2n) is 4.88. The van der Waals surface area contributed by atoms with E-state index in [0.29, 0.717) is 6.42 Å². The quantitative estimate of drug-likeness (QED) is 0.567. The van der Waals surface area contributed by atoms with Crippen molar-refractivity contribution >= 4 is 16.9 Å². The fourth-order valence-electron chi connectivity index (χ4n) is 2.40. The minimum Gasteiger partial charge on any atom is -0.390 e. The minimum absolute atomic E-state index is 0.344. The molecule has 0 spiro atoms. The standard InChI is InChI=1S/C12H22N2O4S/c1-3-5-6(15)10-9(17)8(16)7-11(18-10)19-12(14-7)13-4-2/h6-11,15-17H,3-5H2,1-2H3,(H,13,14)/t6-,7?,8?,9?,10?,11?/m1/s1. The van der Waals surface area contributed by atoms with Crippen LogP contribution < -0.4 is 5.32 Å². The summed E-state index contributed by atoms with van der Waals surface area (Å²) in [7, 11) is 0. The van der Waals surface area contributed by atoms with Crippen molar-refractivity contribution in [3.05, 3.63) is 0 Å². The summed E-state index contributed by atoms with van der Waals surface area (Å²) in [5.41, 5.74) is -0.344. The number of ether oxygens (including phenoxy) is 1. The molecule has 0 saturated carbocycles. The molecule has 0 aromatic rings. The van der Waals surface area contributed by atoms with E-state index in [1.807, 2.05) is 13.8 Å². The van der Waals surface area contributed by atoms with Gasteiger partial charge in [-0.05, 0) is 13.3 Å². The maximum absolute atomic E-state index is 10.1. The number of fused-ring (bicyclic) bond motifs is 1. The summed E-state index contributed by atoms with van der Waals surface area (Å²) in [6.45, 7) is 4.66. The van der Waals surface area contributed by atoms with Crippen LogP contribution >= 0.6 is 11.8 Å². The van der Waals surface area contributed by atoms with Crippen molar-refractivity contribution in [2.45, 2.75) is 62.6 Å². The normalized spacial score (nSPS) is 39.6. The fourth-order valence-corrected chi connectivity index (χ4v) is 3.58. The predicted molar refractivity (Wildman–Crippen MR) is 74.1 cm³/mol. The largest absolute Gasteiger partial charge is 0.390 e. The van der Waals surface area contributed by atoms with Gasteiger partial charge in [-0.2, -0.15) is 0 Å². The molecule has 2 rings (SSSR count). The Morgan fingerprint density at radius 1 is 1.37 bits per heavy atom. The number of aliphatic hydroxyl groups is 3. The summed E-state index contributed by atoms with van der Waals surface area (Å²) < 4.78 is 5.73. The van der Waals surface area contributed by atoms with Gasteiger partial charge in [-0.3, -0.25) is 4.99 Å². The average Bonchev–Trinajstić information content (AvgIpc) is 2.77. The third-order valence-electron chi connectivity index (χ3n) is 3.39. The fraction of sp³-hybridized carbons (Fsp3) is 0.917. The van der Waals surface area contributed by atoms with Gasteiger partial charge in [-0.25, -0.2) is 0 Å². The van der Waals surface area contributed by atoms with Crippen LogP contribution in [0.5, 0.6) is 0 Å². The Morgan fingerprint density at radius 3 is 2.74 bits per heavy atom. The molecule has 0 bridgehead atoms. The molecule has 1 fully saturated rings. The maximum atomic E-state index is 10.1. The average molecular weight is 290 g/mol. The summed E-state index contributed by atoms with van der Waals surface area (Å²) in [6.07, 6.45) is -2.28. The van der Waals surface area contributed by atoms with Gasteiger partial charge in [0, 0.05) is 6.54 Å². The van der Waals surface area contributed by atoms with Crippen LogP contribution in [0, 0.1) is 0 Å². The minimum atomic E-state index is -1.10. The maximum Gasteiger partial charge on any atom is 0.159 e. The van der Waals surface area contributed by atoms with Crippen molar-refractivity contribution in [1.29, 1.82) is 0 Å². The van der Waals surface area contributed by atoms with E-state index >= 15 is 0 Å². The zero-order valence-corrected chi connectivity index (χ0v) is 12.0. The number of amidine groups is 1. The molecule has 0 aromatic heterocycles. The molecule has 2 heterocycles. The van der Waals surface area contributed by atoms with Crippen LogP contribution in [0.1, 0.15) is 26.7 Å². The molecule has 19 heavy (non-hydrogen) atoms. The Labute approximate surface area is 117 Å². The van der Waals surface area contributed by atoms with E-state index in [1.165, 1.54) is 11.8 Å². The first-order valence-corrected chi connectivity index (χ1v) is 7.64. The zero-order valence-electron chi connectivity index (χ0n) is 11.2. The van der Waals surface area contributed by atoms with Gasteiger partial charge in [0.25, 0.3) is 0 Å². The third-order valence-corrected chi connectivity index (χ3v) is 4.49. The lowest BCUT2D eigenvalue weighted by molar-refractivity contribution is -0.185. The van der Waals surface area contributed by atoms with E-state index < -0.39 is 30.5 Å². The van der Waals surface area contributed by atoms with Crippen LogP contribution in [0.4, 0.5) is 0 Å². The molecule has 6 atom stereocenters. The van der Waals surface area contributed by atoms with Crippen LogP contribution in [-0.4, -0.2) is 62.9 Å². The lowest BCUT2D eigenvalue weighted by Crippen LogP contribution is -2.58. The summed E-state index contributed by atoms with van der Waals surface area (Å²) in [5, 5.41) is 34.0. The Morgan fingerprint density at radius 2 is 2.11 bits per heavy atom. The molecule has 0 amide bonds. The molecule has 1 saturated heterocycles. The molecular formula is C12H22N2O4S. The van der Waals surface area contributed by atoms with Crippen LogP contribution in [0.25, 0.3) is 0 Å². The van der Waals surface area contributed by atoms with E-state index in [9.17, 15) is 15.3 Å². The highest BCUT2D eigenvalue weighted by Gasteiger charge is 2.49. The molecule has 0 aromatic carbocycles. The molecule has 0 radical (unpaired) electrons. The van der Waals surface area contributed by atoms with Gasteiger partial charge in [0.15, 0.2) is 5.17 Å². The Bertz CT molecular complexity index is 342. The van der Waals surface area contributed by atoms with Gasteiger partial charge in [-0.1, -0.05) is 25.1 Å². The summed E-state index contributed by atoms with van der Waals surface area (Å²) in [6, 6.07) is -0.473. The first kappa shape index (κ1) is 15.1. The molecule has 0 aliphatic carbocycles. The van der Waals surface area contributed by atoms with Gasteiger partial charge in [0.2, 0.25) is 0 Å². The van der Waals surface area contributed by atoms with Crippen molar-refractivity contribution in [3.63, 3.8) is 0 Å². The molecular weight excluding hydrogens is 268 g/mol. The first-order chi connectivity index (χ1) is 9.08. The summed E-state index contributed by atoms with van der Waals surface area (Å²) >= 11 is 1.40. The number of aliphatic hydroxyl groups excluding tert-OH is 3. The number of thioether (sulfide) groups is 1. The van der Waals surface area contributed by atoms with E-state index in [0.717, 1.165) is 18.1 Å². The van der Waals surface area contributed by atoms with Crippen molar-refractivity contribution in [3.8, 4) is 0 Å². The van der Waals surface area contributed by atoms with Crippen LogP contribution in [0.3, 0.4) is 0 Å². The van der Waals surface area contributed by atoms with E-state index in [-0.39, 0.29) is 5.44 Å². The molecule has 5 unspecified atom stereocenters. The Kier molecular flexibility index (Phi) is 5.08. The topological polar surface area (TPSA) is 94.3 Å². The van der Waals surface area contributed by atoms with Gasteiger partial charge in [-0.15, -0.1) is 0 Å². The Hall–Kier alpha value is -0.340. The number of hydrogen-bond acceptors (Lipinski definition) is 7. The molecule has 110 valence electrons. The van der Waals surface area contributed by atoms with Gasteiger partial charge >= 0.3 is 0 Å². The van der Waals surface area contributed by atoms with Crippen LogP contribution in [-0.2, 0) is 4.74 Å². The molecule has 2 aliphatic rings. The monoisotopic (exact) mass is 290 g/mol. The Balaban J connectivity index is 2.05. The highest BCUT2D eigenvalue weighted by atomic mass is 32.2. The molecule has 4 N–H and O–H groups in total. The van der Waals surface area contributed by atoms with Crippen molar-refractivity contribution in [2.24, 2.45) is 4.99 Å². The SMILES string of the molecule is CCC[C@@H](O)C1OC2SC(NCC)=NC2C(O)C1O. The summed E-state index contributed by atoms with van der Waals surface area (Å²) in [4.78, 5) is 4.32. The van der Waals surface area contributed by atoms with E-state index in [1.54, 1.807) is 0 Å². The first-order valence-electron chi connectivity index (χ1n) is 6.76. The zero-order chi connectivity index (χ0) is 14.0. The number of nitrogens with zero attached hydrogens (tertiary/aromatic N) is 1. The van der Waals surface area contributed by atoms with Gasteiger partial charge in [0.05, 0.1) is 6.10 Å². The van der Waals surface area contributed by atoms with Gasteiger partial charge in [0.1, 0.15) is 29.8 Å².